The highest BCUT2D eigenvalue weighted by molar-refractivity contribution is 5.91. The van der Waals surface area contributed by atoms with E-state index in [1.54, 1.807) is 0 Å². The van der Waals surface area contributed by atoms with Crippen molar-refractivity contribution in [3.05, 3.63) is 83.8 Å². The lowest BCUT2D eigenvalue weighted by atomic mass is 10.0. The summed E-state index contributed by atoms with van der Waals surface area (Å²) in [4.78, 5) is 5.96. The Morgan fingerprint density at radius 3 is 2.32 bits per heavy atom. The Hall–Kier alpha value is -3.62. The van der Waals surface area contributed by atoms with E-state index in [2.05, 4.69) is 57.6 Å². The number of nitrogens with zero attached hydrogens (tertiary/aromatic N) is 4. The zero-order chi connectivity index (χ0) is 21.4. The SMILES string of the molecule is [C-]#[N+]c1ccc(-c2cc3c(N4CCC(N)CC4)ccnn3c2-c2ccc(C)cc2)cc1. The number of fused-ring (bicyclic) bond motifs is 1. The number of anilines is 1. The van der Waals surface area contributed by atoms with Crippen LogP contribution in [-0.4, -0.2) is 28.7 Å². The van der Waals surface area contributed by atoms with Crippen LogP contribution in [0.25, 0.3) is 32.7 Å². The maximum atomic E-state index is 7.26. The number of aryl methyl sites for hydroxylation is 1. The zero-order valence-corrected chi connectivity index (χ0v) is 17.6. The van der Waals surface area contributed by atoms with E-state index in [4.69, 9.17) is 17.4 Å². The quantitative estimate of drug-likeness (QED) is 0.459. The molecule has 0 unspecified atom stereocenters. The molecule has 3 heterocycles. The lowest BCUT2D eigenvalue weighted by Gasteiger charge is -2.32. The number of rotatable bonds is 3. The summed E-state index contributed by atoms with van der Waals surface area (Å²) >= 11 is 0. The van der Waals surface area contributed by atoms with Crippen LogP contribution in [0.3, 0.4) is 0 Å². The van der Waals surface area contributed by atoms with Gasteiger partial charge >= 0.3 is 0 Å². The van der Waals surface area contributed by atoms with E-state index in [0.717, 1.165) is 53.8 Å². The Morgan fingerprint density at radius 1 is 0.968 bits per heavy atom. The van der Waals surface area contributed by atoms with Crippen molar-refractivity contribution in [1.29, 1.82) is 0 Å². The van der Waals surface area contributed by atoms with Gasteiger partial charge in [-0.2, -0.15) is 5.10 Å². The predicted octanol–water partition coefficient (Wildman–Crippen LogP) is 5.46. The molecule has 5 rings (SSSR count). The Morgan fingerprint density at radius 2 is 1.65 bits per heavy atom. The fraction of sp³-hybridized carbons (Fsp3) is 0.231. The average molecular weight is 408 g/mol. The third-order valence-corrected chi connectivity index (χ3v) is 6.17. The molecule has 0 amide bonds. The zero-order valence-electron chi connectivity index (χ0n) is 17.6. The Kier molecular flexibility index (Phi) is 4.93. The molecule has 1 fully saturated rings. The molecule has 2 aromatic heterocycles. The van der Waals surface area contributed by atoms with E-state index >= 15 is 0 Å². The summed E-state index contributed by atoms with van der Waals surface area (Å²) in [5.41, 5.74) is 14.7. The third-order valence-electron chi connectivity index (χ3n) is 6.17. The topological polar surface area (TPSA) is 50.9 Å². The monoisotopic (exact) mass is 407 g/mol. The molecule has 0 radical (unpaired) electrons. The molecule has 1 saturated heterocycles. The van der Waals surface area contributed by atoms with Crippen molar-refractivity contribution in [3.8, 4) is 22.4 Å². The molecule has 0 spiro atoms. The second kappa shape index (κ2) is 7.90. The van der Waals surface area contributed by atoms with Crippen molar-refractivity contribution in [3.63, 3.8) is 0 Å². The first-order valence-electron chi connectivity index (χ1n) is 10.7. The molecule has 5 heteroatoms. The molecule has 154 valence electrons. The van der Waals surface area contributed by atoms with Crippen molar-refractivity contribution in [2.45, 2.75) is 25.8 Å². The first-order valence-corrected chi connectivity index (χ1v) is 10.7. The van der Waals surface area contributed by atoms with E-state index in [1.165, 1.54) is 11.3 Å². The molecule has 2 N–H and O–H groups in total. The molecule has 1 aliphatic rings. The largest absolute Gasteiger partial charge is 0.370 e. The highest BCUT2D eigenvalue weighted by Gasteiger charge is 2.22. The second-order valence-electron chi connectivity index (χ2n) is 8.27. The maximum Gasteiger partial charge on any atom is 0.187 e. The van der Waals surface area contributed by atoms with Crippen molar-refractivity contribution in [2.75, 3.05) is 18.0 Å². The van der Waals surface area contributed by atoms with Gasteiger partial charge in [0.1, 0.15) is 0 Å². The van der Waals surface area contributed by atoms with Crippen LogP contribution in [0.2, 0.25) is 0 Å². The highest BCUT2D eigenvalue weighted by atomic mass is 15.2. The van der Waals surface area contributed by atoms with E-state index in [0.29, 0.717) is 11.7 Å². The Bertz CT molecular complexity index is 1250. The van der Waals surface area contributed by atoms with Crippen LogP contribution in [0, 0.1) is 13.5 Å². The third kappa shape index (κ3) is 3.56. The van der Waals surface area contributed by atoms with Crippen LogP contribution in [0.4, 0.5) is 11.4 Å². The molecule has 5 nitrogen and oxygen atoms in total. The fourth-order valence-corrected chi connectivity index (χ4v) is 4.39. The van der Waals surface area contributed by atoms with E-state index < -0.39 is 0 Å². The summed E-state index contributed by atoms with van der Waals surface area (Å²) in [5.74, 6) is 0. The smallest absolute Gasteiger partial charge is 0.187 e. The van der Waals surface area contributed by atoms with Crippen LogP contribution in [0.1, 0.15) is 18.4 Å². The lowest BCUT2D eigenvalue weighted by molar-refractivity contribution is 0.501. The van der Waals surface area contributed by atoms with E-state index in [-0.39, 0.29) is 0 Å². The van der Waals surface area contributed by atoms with Crippen molar-refractivity contribution in [1.82, 2.24) is 9.61 Å². The molecule has 2 aromatic carbocycles. The average Bonchev–Trinajstić information content (AvgIpc) is 3.20. The molecule has 1 aliphatic heterocycles. The second-order valence-corrected chi connectivity index (χ2v) is 8.27. The minimum absolute atomic E-state index is 0.292. The van der Waals surface area contributed by atoms with Gasteiger partial charge in [-0.25, -0.2) is 9.36 Å². The van der Waals surface area contributed by atoms with Crippen LogP contribution in [0.15, 0.2) is 66.9 Å². The number of benzene rings is 2. The molecular formula is C26H25N5. The Balaban J connectivity index is 1.72. The van der Waals surface area contributed by atoms with Gasteiger partial charge in [0.15, 0.2) is 5.69 Å². The molecule has 0 saturated carbocycles. The first-order chi connectivity index (χ1) is 15.1. The minimum atomic E-state index is 0.292. The van der Waals surface area contributed by atoms with Crippen LogP contribution in [0.5, 0.6) is 0 Å². The number of piperidine rings is 1. The lowest BCUT2D eigenvalue weighted by Crippen LogP contribution is -2.39. The normalized spacial score (nSPS) is 14.7. The molecule has 0 bridgehead atoms. The number of aromatic nitrogens is 2. The van der Waals surface area contributed by atoms with Gasteiger partial charge in [-0.1, -0.05) is 54.1 Å². The Labute approximate surface area is 182 Å². The predicted molar refractivity (Wildman–Crippen MR) is 126 cm³/mol. The number of hydrogen-bond acceptors (Lipinski definition) is 3. The maximum absolute atomic E-state index is 7.26. The molecular weight excluding hydrogens is 382 g/mol. The van der Waals surface area contributed by atoms with Crippen LogP contribution < -0.4 is 10.6 Å². The van der Waals surface area contributed by atoms with E-state index in [9.17, 15) is 0 Å². The molecule has 0 aliphatic carbocycles. The highest BCUT2D eigenvalue weighted by Crippen LogP contribution is 2.38. The standard InChI is InChI=1S/C26H25N5/c1-18-3-5-20(6-4-18)26-23(19-7-9-22(28-2)10-8-19)17-25-24(11-14-29-31(25)26)30-15-12-21(27)13-16-30/h3-11,14,17,21H,12-13,15-16,27H2,1H3. The van der Waals surface area contributed by atoms with Gasteiger partial charge in [0.25, 0.3) is 0 Å². The van der Waals surface area contributed by atoms with Gasteiger partial charge in [0.2, 0.25) is 0 Å². The van der Waals surface area contributed by atoms with Gasteiger partial charge in [0.05, 0.1) is 23.5 Å². The summed E-state index contributed by atoms with van der Waals surface area (Å²) in [6.07, 6.45) is 3.90. The van der Waals surface area contributed by atoms with E-state index in [1.807, 2.05) is 30.5 Å². The molecule has 0 atom stereocenters. The van der Waals surface area contributed by atoms with Gasteiger partial charge in [-0.3, -0.25) is 0 Å². The number of hydrogen-bond donors (Lipinski definition) is 1. The molecule has 31 heavy (non-hydrogen) atoms. The van der Waals surface area contributed by atoms with Gasteiger partial charge in [-0.05, 0) is 37.5 Å². The van der Waals surface area contributed by atoms with Crippen molar-refractivity contribution >= 4 is 16.9 Å². The summed E-state index contributed by atoms with van der Waals surface area (Å²) < 4.78 is 2.06. The molecule has 4 aromatic rings. The van der Waals surface area contributed by atoms with Crippen molar-refractivity contribution in [2.24, 2.45) is 5.73 Å². The van der Waals surface area contributed by atoms with Crippen molar-refractivity contribution < 1.29 is 0 Å². The van der Waals surface area contributed by atoms with Gasteiger partial charge in [0, 0.05) is 36.5 Å². The van der Waals surface area contributed by atoms with Gasteiger partial charge < -0.3 is 10.6 Å². The van der Waals surface area contributed by atoms with Crippen LogP contribution >= 0.6 is 0 Å². The first kappa shape index (κ1) is 19.3. The summed E-state index contributed by atoms with van der Waals surface area (Å²) in [6.45, 7) is 11.3. The summed E-state index contributed by atoms with van der Waals surface area (Å²) in [5, 5.41) is 4.75. The number of nitrogens with two attached hydrogens (primary N) is 1. The van der Waals surface area contributed by atoms with Crippen LogP contribution in [-0.2, 0) is 0 Å². The summed E-state index contributed by atoms with van der Waals surface area (Å²) in [6, 6.07) is 21.0. The summed E-state index contributed by atoms with van der Waals surface area (Å²) in [7, 11) is 0. The minimum Gasteiger partial charge on any atom is -0.370 e. The van der Waals surface area contributed by atoms with Gasteiger partial charge in [-0.15, -0.1) is 0 Å². The fourth-order valence-electron chi connectivity index (χ4n) is 4.39.